The van der Waals surface area contributed by atoms with Gasteiger partial charge in [-0.15, -0.1) is 0 Å². The molecule has 1 saturated carbocycles. The lowest BCUT2D eigenvalue weighted by molar-refractivity contribution is -0.127. The Morgan fingerprint density at radius 3 is 2.70 bits per heavy atom. The molecule has 5 heteroatoms. The Morgan fingerprint density at radius 2 is 2.15 bits per heavy atom. The van der Waals surface area contributed by atoms with Crippen LogP contribution in [0.4, 0.5) is 10.1 Å². The van der Waals surface area contributed by atoms with Crippen molar-refractivity contribution >= 4 is 27.5 Å². The summed E-state index contributed by atoms with van der Waals surface area (Å²) >= 11 is 3.26. The van der Waals surface area contributed by atoms with Gasteiger partial charge in [-0.2, -0.15) is 0 Å². The van der Waals surface area contributed by atoms with Crippen LogP contribution in [0.5, 0.6) is 0 Å². The summed E-state index contributed by atoms with van der Waals surface area (Å²) in [7, 11) is 0. The van der Waals surface area contributed by atoms with Crippen molar-refractivity contribution in [1.82, 2.24) is 0 Å². The first kappa shape index (κ1) is 15.4. The number of anilines is 1. The summed E-state index contributed by atoms with van der Waals surface area (Å²) in [4.78, 5) is 12.6. The molecule has 1 amide bonds. The lowest BCUT2D eigenvalue weighted by Crippen LogP contribution is -2.44. The molecule has 0 spiro atoms. The zero-order valence-corrected chi connectivity index (χ0v) is 13.2. The van der Waals surface area contributed by atoms with E-state index in [2.05, 4.69) is 28.2 Å². The minimum atomic E-state index is -0.486. The molecule has 1 aromatic carbocycles. The van der Waals surface area contributed by atoms with Crippen molar-refractivity contribution < 1.29 is 9.18 Å². The molecule has 20 heavy (non-hydrogen) atoms. The average Bonchev–Trinajstić information content (AvgIpc) is 2.43. The fourth-order valence-corrected chi connectivity index (χ4v) is 3.13. The predicted molar refractivity (Wildman–Crippen MR) is 81.8 cm³/mol. The van der Waals surface area contributed by atoms with Gasteiger partial charge in [0.1, 0.15) is 5.82 Å². The van der Waals surface area contributed by atoms with Crippen molar-refractivity contribution in [2.75, 3.05) is 11.9 Å². The second-order valence-corrected chi connectivity index (χ2v) is 6.60. The summed E-state index contributed by atoms with van der Waals surface area (Å²) in [5.41, 5.74) is 5.97. The van der Waals surface area contributed by atoms with Gasteiger partial charge in [-0.3, -0.25) is 4.79 Å². The van der Waals surface area contributed by atoms with Crippen molar-refractivity contribution in [2.24, 2.45) is 17.1 Å². The highest BCUT2D eigenvalue weighted by molar-refractivity contribution is 9.10. The molecule has 1 aromatic rings. The van der Waals surface area contributed by atoms with E-state index < -0.39 is 5.41 Å². The summed E-state index contributed by atoms with van der Waals surface area (Å²) in [6.07, 6.45) is 3.68. The molecule has 0 radical (unpaired) electrons. The molecule has 1 fully saturated rings. The zero-order valence-electron chi connectivity index (χ0n) is 11.6. The molecule has 1 aliphatic rings. The molecule has 0 atom stereocenters. The van der Waals surface area contributed by atoms with E-state index in [9.17, 15) is 9.18 Å². The van der Waals surface area contributed by atoms with Gasteiger partial charge in [-0.25, -0.2) is 4.39 Å². The normalized spacial score (nSPS) is 26.3. The first-order valence-corrected chi connectivity index (χ1v) is 7.73. The van der Waals surface area contributed by atoms with Crippen LogP contribution in [0.1, 0.15) is 32.6 Å². The highest BCUT2D eigenvalue weighted by Gasteiger charge is 2.39. The van der Waals surface area contributed by atoms with Crippen LogP contribution in [0.25, 0.3) is 0 Å². The third-order valence-corrected chi connectivity index (χ3v) is 4.94. The summed E-state index contributed by atoms with van der Waals surface area (Å²) in [6.45, 7) is 2.55. The van der Waals surface area contributed by atoms with Gasteiger partial charge in [0.25, 0.3) is 0 Å². The highest BCUT2D eigenvalue weighted by atomic mass is 79.9. The van der Waals surface area contributed by atoms with Gasteiger partial charge < -0.3 is 11.1 Å². The Kier molecular flexibility index (Phi) is 4.81. The van der Waals surface area contributed by atoms with E-state index in [1.165, 1.54) is 12.1 Å². The quantitative estimate of drug-likeness (QED) is 0.880. The first-order valence-electron chi connectivity index (χ1n) is 6.93. The van der Waals surface area contributed by atoms with Crippen molar-refractivity contribution in [2.45, 2.75) is 32.6 Å². The molecule has 0 heterocycles. The van der Waals surface area contributed by atoms with Gasteiger partial charge in [0.15, 0.2) is 0 Å². The highest BCUT2D eigenvalue weighted by Crippen LogP contribution is 2.39. The van der Waals surface area contributed by atoms with Crippen LogP contribution in [0.15, 0.2) is 22.7 Å². The predicted octanol–water partition coefficient (Wildman–Crippen LogP) is 3.68. The molecule has 3 nitrogen and oxygen atoms in total. The number of hydrogen-bond acceptors (Lipinski definition) is 2. The summed E-state index contributed by atoms with van der Waals surface area (Å²) in [5.74, 6) is 0.258. The maximum absolute atomic E-state index is 13.1. The number of benzene rings is 1. The zero-order chi connectivity index (χ0) is 14.8. The number of halogens is 2. The van der Waals surface area contributed by atoms with E-state index in [1.54, 1.807) is 6.07 Å². The van der Waals surface area contributed by atoms with Gasteiger partial charge in [0.05, 0.1) is 11.1 Å². The number of hydrogen-bond donors (Lipinski definition) is 2. The minimum Gasteiger partial charge on any atom is -0.329 e. The molecule has 0 saturated heterocycles. The SMILES string of the molecule is CC1CCC(CN)(C(=O)Nc2ccc(F)cc2Br)CC1. The fraction of sp³-hybridized carbons (Fsp3) is 0.533. The van der Waals surface area contributed by atoms with Crippen molar-refractivity contribution in [3.8, 4) is 0 Å². The van der Waals surface area contributed by atoms with Crippen molar-refractivity contribution in [3.05, 3.63) is 28.5 Å². The number of amides is 1. The first-order chi connectivity index (χ1) is 9.47. The van der Waals surface area contributed by atoms with Gasteiger partial charge in [-0.1, -0.05) is 6.92 Å². The lowest BCUT2D eigenvalue weighted by Gasteiger charge is -2.37. The Hall–Kier alpha value is -0.940. The van der Waals surface area contributed by atoms with Crippen LogP contribution in [-0.2, 0) is 4.79 Å². The third kappa shape index (κ3) is 3.20. The van der Waals surface area contributed by atoms with Crippen LogP contribution < -0.4 is 11.1 Å². The van der Waals surface area contributed by atoms with Crippen molar-refractivity contribution in [3.63, 3.8) is 0 Å². The molecule has 0 unspecified atom stereocenters. The van der Waals surface area contributed by atoms with Crippen LogP contribution in [-0.4, -0.2) is 12.5 Å². The van der Waals surface area contributed by atoms with E-state index in [-0.39, 0.29) is 11.7 Å². The summed E-state index contributed by atoms with van der Waals surface area (Å²) < 4.78 is 13.6. The number of carbonyl (C=O) groups excluding carboxylic acids is 1. The van der Waals surface area contributed by atoms with Crippen molar-refractivity contribution in [1.29, 1.82) is 0 Å². The average molecular weight is 343 g/mol. The Balaban J connectivity index is 2.13. The number of rotatable bonds is 3. The van der Waals surface area contributed by atoms with Gasteiger partial charge in [0, 0.05) is 11.0 Å². The Morgan fingerprint density at radius 1 is 1.50 bits per heavy atom. The summed E-state index contributed by atoms with van der Waals surface area (Å²) in [6, 6.07) is 4.24. The summed E-state index contributed by atoms with van der Waals surface area (Å²) in [5, 5.41) is 2.88. The second kappa shape index (κ2) is 6.22. The van der Waals surface area contributed by atoms with Crippen LogP contribution >= 0.6 is 15.9 Å². The monoisotopic (exact) mass is 342 g/mol. The maximum atomic E-state index is 13.1. The van der Waals surface area contributed by atoms with Gasteiger partial charge in [-0.05, 0) is 65.7 Å². The van der Waals surface area contributed by atoms with Gasteiger partial charge in [0.2, 0.25) is 5.91 Å². The van der Waals surface area contributed by atoms with E-state index in [0.717, 1.165) is 25.7 Å². The number of nitrogens with two attached hydrogens (primary N) is 1. The largest absolute Gasteiger partial charge is 0.329 e. The Labute approximate surface area is 127 Å². The molecular formula is C15H20BrFN2O. The second-order valence-electron chi connectivity index (χ2n) is 5.75. The number of nitrogens with one attached hydrogen (secondary N) is 1. The molecule has 0 aliphatic heterocycles. The van der Waals surface area contributed by atoms with Gasteiger partial charge >= 0.3 is 0 Å². The molecule has 0 bridgehead atoms. The van der Waals surface area contributed by atoms with E-state index in [4.69, 9.17) is 5.73 Å². The molecule has 0 aromatic heterocycles. The minimum absolute atomic E-state index is 0.0563. The molecule has 110 valence electrons. The topological polar surface area (TPSA) is 55.1 Å². The maximum Gasteiger partial charge on any atom is 0.231 e. The van der Waals surface area contributed by atoms with Crippen LogP contribution in [0.2, 0.25) is 0 Å². The lowest BCUT2D eigenvalue weighted by atomic mass is 9.70. The fourth-order valence-electron chi connectivity index (χ4n) is 2.68. The molecule has 3 N–H and O–H groups in total. The van der Waals surface area contributed by atoms with Crippen LogP contribution in [0.3, 0.4) is 0 Å². The van der Waals surface area contributed by atoms with E-state index in [1.807, 2.05) is 0 Å². The molecule has 1 aliphatic carbocycles. The Bertz CT molecular complexity index is 499. The standard InChI is InChI=1S/C15H20BrFN2O/c1-10-4-6-15(9-18,7-5-10)14(20)19-13-3-2-11(17)8-12(13)16/h2-3,8,10H,4-7,9,18H2,1H3,(H,19,20). The molecular weight excluding hydrogens is 323 g/mol. The smallest absolute Gasteiger partial charge is 0.231 e. The number of carbonyl (C=O) groups is 1. The van der Waals surface area contributed by atoms with E-state index in [0.29, 0.717) is 22.6 Å². The molecule has 2 rings (SSSR count). The van der Waals surface area contributed by atoms with Crippen LogP contribution in [0, 0.1) is 17.2 Å². The third-order valence-electron chi connectivity index (χ3n) is 4.28. The van der Waals surface area contributed by atoms with E-state index >= 15 is 0 Å².